The van der Waals surface area contributed by atoms with Gasteiger partial charge in [0, 0.05) is 13.2 Å². The van der Waals surface area contributed by atoms with Crippen molar-refractivity contribution < 1.29 is 14.2 Å². The highest BCUT2D eigenvalue weighted by molar-refractivity contribution is 4.69. The fourth-order valence-electron chi connectivity index (χ4n) is 10.3. The van der Waals surface area contributed by atoms with Crippen molar-refractivity contribution >= 4 is 0 Å². The maximum Gasteiger partial charge on any atom is 0.160 e. The Labute approximate surface area is 361 Å². The predicted octanol–water partition coefficient (Wildman–Crippen LogP) is 18.6. The van der Waals surface area contributed by atoms with Crippen molar-refractivity contribution in [3.8, 4) is 0 Å². The van der Waals surface area contributed by atoms with Gasteiger partial charge in [-0.1, -0.05) is 199 Å². The Hall–Kier alpha value is -0.120. The minimum Gasteiger partial charge on any atom is -0.353 e. The number of unbranched alkanes of at least 4 members (excludes halogenated alkanes) is 12. The number of hydrogen-bond acceptors (Lipinski definition) is 3. The van der Waals surface area contributed by atoms with Gasteiger partial charge in [-0.3, -0.25) is 0 Å². The molecule has 0 aliphatic rings. The summed E-state index contributed by atoms with van der Waals surface area (Å²) in [5.74, 6) is 6.51. The molecular formula is C54H110O3. The van der Waals surface area contributed by atoms with Crippen LogP contribution in [0.1, 0.15) is 276 Å². The Morgan fingerprint density at radius 2 is 0.544 bits per heavy atom. The molecule has 0 radical (unpaired) electrons. The molecule has 0 aliphatic heterocycles. The Bertz CT molecular complexity index is 736. The van der Waals surface area contributed by atoms with E-state index in [-0.39, 0.29) is 12.6 Å². The van der Waals surface area contributed by atoms with Crippen molar-refractivity contribution in [2.75, 3.05) is 13.2 Å². The molecule has 0 aliphatic carbocycles. The van der Waals surface area contributed by atoms with E-state index in [1.807, 2.05) is 0 Å². The van der Waals surface area contributed by atoms with Gasteiger partial charge in [0.05, 0.1) is 0 Å². The molecule has 3 nitrogen and oxygen atoms in total. The minimum absolute atomic E-state index is 0.150. The van der Waals surface area contributed by atoms with Gasteiger partial charge in [0.1, 0.15) is 0 Å². The second-order valence-corrected chi connectivity index (χ2v) is 20.7. The first-order chi connectivity index (χ1) is 27.4. The molecule has 57 heavy (non-hydrogen) atoms. The van der Waals surface area contributed by atoms with Crippen LogP contribution in [0.15, 0.2) is 0 Å². The first-order valence-corrected chi connectivity index (χ1v) is 26.3. The van der Waals surface area contributed by atoms with Crippen LogP contribution in [0.2, 0.25) is 0 Å². The summed E-state index contributed by atoms with van der Waals surface area (Å²) in [7, 11) is 0. The molecule has 0 saturated heterocycles. The largest absolute Gasteiger partial charge is 0.353 e. The van der Waals surface area contributed by atoms with Crippen LogP contribution in [0.5, 0.6) is 0 Å². The van der Waals surface area contributed by atoms with Crippen molar-refractivity contribution in [2.24, 2.45) is 47.3 Å². The zero-order valence-corrected chi connectivity index (χ0v) is 41.6. The maximum absolute atomic E-state index is 6.87. The van der Waals surface area contributed by atoms with Gasteiger partial charge in [-0.25, -0.2) is 0 Å². The lowest BCUT2D eigenvalue weighted by Gasteiger charge is -2.27. The Morgan fingerprint density at radius 3 is 0.860 bits per heavy atom. The van der Waals surface area contributed by atoms with E-state index >= 15 is 0 Å². The summed E-state index contributed by atoms with van der Waals surface area (Å²) in [4.78, 5) is 0. The smallest absolute Gasteiger partial charge is 0.160 e. The van der Waals surface area contributed by atoms with Crippen molar-refractivity contribution in [1.82, 2.24) is 0 Å². The summed E-state index contributed by atoms with van der Waals surface area (Å²) in [5, 5.41) is 0. The molecule has 0 rings (SSSR count). The highest BCUT2D eigenvalue weighted by Gasteiger charge is 2.21. The van der Waals surface area contributed by atoms with Gasteiger partial charge in [-0.05, 0) is 124 Å². The Kier molecular flexibility index (Phi) is 39.9. The van der Waals surface area contributed by atoms with Crippen LogP contribution in [-0.2, 0) is 14.2 Å². The third-order valence-corrected chi connectivity index (χ3v) is 13.1. The van der Waals surface area contributed by atoms with Crippen LogP contribution in [0.25, 0.3) is 0 Å². The van der Waals surface area contributed by atoms with Gasteiger partial charge in [0.2, 0.25) is 0 Å². The molecule has 10 unspecified atom stereocenters. The highest BCUT2D eigenvalue weighted by atomic mass is 16.8. The highest BCUT2D eigenvalue weighted by Crippen LogP contribution is 2.30. The third-order valence-electron chi connectivity index (χ3n) is 13.1. The van der Waals surface area contributed by atoms with Crippen molar-refractivity contribution in [3.63, 3.8) is 0 Å². The fourth-order valence-corrected chi connectivity index (χ4v) is 10.3. The average molecular weight is 807 g/mol. The molecule has 344 valence electrons. The summed E-state index contributed by atoms with van der Waals surface area (Å²) in [6, 6.07) is 0. The summed E-state index contributed by atoms with van der Waals surface area (Å²) in [6.07, 6.45) is 38.5. The standard InChI is InChI=1S/C54H110O3/c1-13-17-19-21-23-25-27-37-55-53(35-29-33-47(7)41-51(11)43-49(9)39-45(5)31-15-3)57-54(56-38-28-26-24-22-20-18-14-2)36-30-34-48(8)42-52(12)44-50(10)40-46(6)32-16-4/h45-54H,13-44H2,1-12H3. The van der Waals surface area contributed by atoms with Crippen molar-refractivity contribution in [2.45, 2.75) is 288 Å². The lowest BCUT2D eigenvalue weighted by atomic mass is 9.83. The second kappa shape index (κ2) is 40.0. The minimum atomic E-state index is -0.150. The van der Waals surface area contributed by atoms with Crippen LogP contribution in [0.3, 0.4) is 0 Å². The monoisotopic (exact) mass is 807 g/mol. The molecule has 0 aromatic rings. The van der Waals surface area contributed by atoms with E-state index in [2.05, 4.69) is 83.1 Å². The van der Waals surface area contributed by atoms with Crippen LogP contribution in [-0.4, -0.2) is 25.8 Å². The summed E-state index contributed by atoms with van der Waals surface area (Å²) >= 11 is 0. The van der Waals surface area contributed by atoms with E-state index in [1.165, 1.54) is 167 Å². The summed E-state index contributed by atoms with van der Waals surface area (Å²) in [6.45, 7) is 30.7. The quantitative estimate of drug-likeness (QED) is 0.0453. The number of hydrogen-bond donors (Lipinski definition) is 0. The molecule has 0 amide bonds. The molecule has 0 saturated carbocycles. The number of rotatable bonds is 44. The molecule has 0 bridgehead atoms. The van der Waals surface area contributed by atoms with Gasteiger partial charge >= 0.3 is 0 Å². The van der Waals surface area contributed by atoms with Crippen LogP contribution in [0, 0.1) is 47.3 Å². The van der Waals surface area contributed by atoms with Crippen molar-refractivity contribution in [1.29, 1.82) is 0 Å². The lowest BCUT2D eigenvalue weighted by molar-refractivity contribution is -0.250. The first-order valence-electron chi connectivity index (χ1n) is 26.3. The van der Waals surface area contributed by atoms with E-state index in [1.54, 1.807) is 0 Å². The van der Waals surface area contributed by atoms with Crippen LogP contribution >= 0.6 is 0 Å². The first kappa shape index (κ1) is 56.9. The molecule has 10 atom stereocenters. The van der Waals surface area contributed by atoms with Gasteiger partial charge in [0.25, 0.3) is 0 Å². The number of ether oxygens (including phenoxy) is 3. The molecule has 0 aromatic heterocycles. The maximum atomic E-state index is 6.87. The van der Waals surface area contributed by atoms with Gasteiger partial charge in [-0.2, -0.15) is 0 Å². The summed E-state index contributed by atoms with van der Waals surface area (Å²) < 4.78 is 20.1. The summed E-state index contributed by atoms with van der Waals surface area (Å²) in [5.41, 5.74) is 0. The SMILES string of the molecule is CCCCCCCCCOC(CCCC(C)CC(C)CC(C)CC(C)CCC)OC(CCCC(C)CC(C)CC(C)CC(C)CCC)OCCCCCCCCC. The fraction of sp³-hybridized carbons (Fsp3) is 1.00. The molecule has 0 spiro atoms. The van der Waals surface area contributed by atoms with Gasteiger partial charge in [0.15, 0.2) is 12.6 Å². The van der Waals surface area contributed by atoms with Crippen molar-refractivity contribution in [3.05, 3.63) is 0 Å². The Balaban J connectivity index is 5.30. The predicted molar refractivity (Wildman–Crippen MR) is 255 cm³/mol. The zero-order chi connectivity index (χ0) is 42.5. The van der Waals surface area contributed by atoms with E-state index < -0.39 is 0 Å². The normalized spacial score (nSPS) is 17.5. The van der Waals surface area contributed by atoms with E-state index in [0.717, 1.165) is 86.2 Å². The van der Waals surface area contributed by atoms with E-state index in [9.17, 15) is 0 Å². The van der Waals surface area contributed by atoms with Gasteiger partial charge < -0.3 is 14.2 Å². The van der Waals surface area contributed by atoms with Crippen LogP contribution in [0.4, 0.5) is 0 Å². The molecule has 3 heteroatoms. The average Bonchev–Trinajstić information content (AvgIpc) is 3.13. The topological polar surface area (TPSA) is 27.7 Å². The molecular weight excluding hydrogens is 697 g/mol. The third kappa shape index (κ3) is 37.4. The van der Waals surface area contributed by atoms with Crippen LogP contribution < -0.4 is 0 Å². The van der Waals surface area contributed by atoms with Gasteiger partial charge in [-0.15, -0.1) is 0 Å². The van der Waals surface area contributed by atoms with E-state index in [0.29, 0.717) is 0 Å². The van der Waals surface area contributed by atoms with E-state index in [4.69, 9.17) is 14.2 Å². The Morgan fingerprint density at radius 1 is 0.263 bits per heavy atom. The zero-order valence-electron chi connectivity index (χ0n) is 41.6. The second-order valence-electron chi connectivity index (χ2n) is 20.7. The molecule has 0 heterocycles. The molecule has 0 N–H and O–H groups in total. The lowest BCUT2D eigenvalue weighted by Crippen LogP contribution is -2.28. The molecule has 0 aromatic carbocycles. The molecule has 0 fully saturated rings.